The molecule has 0 atom stereocenters. The Bertz CT molecular complexity index is 1330. The molecule has 6 nitrogen and oxygen atoms in total. The molecule has 36 heavy (non-hydrogen) atoms. The molecule has 0 saturated heterocycles. The summed E-state index contributed by atoms with van der Waals surface area (Å²) >= 11 is 0. The normalized spacial score (nSPS) is 10.8. The minimum atomic E-state index is -0.502. The maximum Gasteiger partial charge on any atom is 0.204 e. The third-order valence-corrected chi connectivity index (χ3v) is 5.43. The van der Waals surface area contributed by atoms with Crippen molar-refractivity contribution in [3.8, 4) is 28.7 Å². The average molecular weight is 483 g/mol. The highest BCUT2D eigenvalue weighted by Crippen LogP contribution is 2.45. The Morgan fingerprint density at radius 2 is 1.33 bits per heavy atom. The van der Waals surface area contributed by atoms with E-state index in [0.717, 1.165) is 22.8 Å². The Balaban J connectivity index is 1.50. The number of benzene rings is 4. The van der Waals surface area contributed by atoms with Crippen LogP contribution in [0.5, 0.6) is 28.7 Å². The summed E-state index contributed by atoms with van der Waals surface area (Å²) in [6.45, 7) is 0.580. The first kappa shape index (κ1) is 24.4. The van der Waals surface area contributed by atoms with Gasteiger partial charge in [-0.15, -0.1) is 0 Å². The van der Waals surface area contributed by atoms with E-state index in [1.165, 1.54) is 13.2 Å². The van der Waals surface area contributed by atoms with Crippen molar-refractivity contribution in [3.05, 3.63) is 119 Å². The Morgan fingerprint density at radius 1 is 0.750 bits per heavy atom. The van der Waals surface area contributed by atoms with Gasteiger partial charge in [0.1, 0.15) is 30.3 Å². The van der Waals surface area contributed by atoms with E-state index >= 15 is 0 Å². The minimum absolute atomic E-state index is 0.0274. The Kier molecular flexibility index (Phi) is 7.88. The molecule has 0 radical (unpaired) electrons. The number of aromatic hydroxyl groups is 2. The van der Waals surface area contributed by atoms with Gasteiger partial charge in [0.05, 0.1) is 7.11 Å². The number of carbonyl (C=O) groups excluding carboxylic acids is 1. The maximum atomic E-state index is 13.1. The maximum absolute atomic E-state index is 13.1. The lowest BCUT2D eigenvalue weighted by Crippen LogP contribution is -2.05. The lowest BCUT2D eigenvalue weighted by atomic mass is 10.0. The van der Waals surface area contributed by atoms with E-state index in [4.69, 9.17) is 14.2 Å². The van der Waals surface area contributed by atoms with Crippen molar-refractivity contribution in [1.29, 1.82) is 0 Å². The van der Waals surface area contributed by atoms with Crippen LogP contribution in [0.15, 0.2) is 97.1 Å². The summed E-state index contributed by atoms with van der Waals surface area (Å²) in [5.74, 6) is -0.586. The van der Waals surface area contributed by atoms with Crippen molar-refractivity contribution >= 4 is 11.9 Å². The molecule has 2 N–H and O–H groups in total. The van der Waals surface area contributed by atoms with Crippen LogP contribution in [0.25, 0.3) is 6.08 Å². The molecule has 4 aromatic rings. The topological polar surface area (TPSA) is 85.2 Å². The fourth-order valence-electron chi connectivity index (χ4n) is 3.59. The van der Waals surface area contributed by atoms with Gasteiger partial charge in [-0.25, -0.2) is 0 Å². The van der Waals surface area contributed by atoms with Crippen LogP contribution in [0.2, 0.25) is 0 Å². The van der Waals surface area contributed by atoms with E-state index in [0.29, 0.717) is 12.4 Å². The van der Waals surface area contributed by atoms with Crippen LogP contribution < -0.4 is 14.2 Å². The summed E-state index contributed by atoms with van der Waals surface area (Å²) in [6, 6.07) is 27.6. The number of ketones is 1. The smallest absolute Gasteiger partial charge is 0.204 e. The molecular formula is C30H26O6. The van der Waals surface area contributed by atoms with E-state index in [-0.39, 0.29) is 29.4 Å². The molecule has 0 fully saturated rings. The lowest BCUT2D eigenvalue weighted by Gasteiger charge is -2.16. The SMILES string of the molecule is COc1c(O)cc(O)c(C(=O)/C=C/c2ccc(OCc3ccccc3)cc2)c1OCc1ccccc1. The molecule has 0 unspecified atom stereocenters. The summed E-state index contributed by atoms with van der Waals surface area (Å²) in [5, 5.41) is 20.7. The molecule has 0 saturated carbocycles. The second-order valence-corrected chi connectivity index (χ2v) is 7.97. The molecule has 6 heteroatoms. The molecule has 0 amide bonds. The van der Waals surface area contributed by atoms with Crippen LogP contribution in [0.1, 0.15) is 27.0 Å². The van der Waals surface area contributed by atoms with Crippen LogP contribution in [-0.4, -0.2) is 23.1 Å². The third kappa shape index (κ3) is 6.04. The number of allylic oxidation sites excluding steroid dienone is 1. The predicted molar refractivity (Wildman–Crippen MR) is 138 cm³/mol. The number of carbonyl (C=O) groups is 1. The van der Waals surface area contributed by atoms with Crippen molar-refractivity contribution in [2.45, 2.75) is 13.2 Å². The third-order valence-electron chi connectivity index (χ3n) is 5.43. The van der Waals surface area contributed by atoms with Crippen molar-refractivity contribution in [2.24, 2.45) is 0 Å². The number of hydrogen-bond acceptors (Lipinski definition) is 6. The fourth-order valence-corrected chi connectivity index (χ4v) is 3.59. The highest BCUT2D eigenvalue weighted by Gasteiger charge is 2.24. The summed E-state index contributed by atoms with van der Waals surface area (Å²) in [6.07, 6.45) is 2.96. The monoisotopic (exact) mass is 482 g/mol. The van der Waals surface area contributed by atoms with Crippen LogP contribution >= 0.6 is 0 Å². The van der Waals surface area contributed by atoms with Gasteiger partial charge in [-0.05, 0) is 34.9 Å². The van der Waals surface area contributed by atoms with Crippen molar-refractivity contribution in [1.82, 2.24) is 0 Å². The number of rotatable bonds is 10. The quantitative estimate of drug-likeness (QED) is 0.208. The minimum Gasteiger partial charge on any atom is -0.507 e. The zero-order chi connectivity index (χ0) is 25.3. The molecule has 4 rings (SSSR count). The molecule has 0 bridgehead atoms. The fraction of sp³-hybridized carbons (Fsp3) is 0.100. The van der Waals surface area contributed by atoms with Crippen molar-refractivity contribution in [2.75, 3.05) is 7.11 Å². The van der Waals surface area contributed by atoms with Gasteiger partial charge >= 0.3 is 0 Å². The second kappa shape index (κ2) is 11.6. The lowest BCUT2D eigenvalue weighted by molar-refractivity contribution is 0.103. The largest absolute Gasteiger partial charge is 0.507 e. The van der Waals surface area contributed by atoms with Gasteiger partial charge in [0.15, 0.2) is 17.3 Å². The molecule has 4 aromatic carbocycles. The molecular weight excluding hydrogens is 456 g/mol. The van der Waals surface area contributed by atoms with E-state index in [1.807, 2.05) is 84.9 Å². The van der Waals surface area contributed by atoms with E-state index in [2.05, 4.69) is 0 Å². The molecule has 0 aliphatic carbocycles. The zero-order valence-electron chi connectivity index (χ0n) is 19.8. The van der Waals surface area contributed by atoms with Crippen LogP contribution in [0, 0.1) is 0 Å². The van der Waals surface area contributed by atoms with Crippen LogP contribution in [0.3, 0.4) is 0 Å². The number of methoxy groups -OCH3 is 1. The highest BCUT2D eigenvalue weighted by molar-refractivity contribution is 6.11. The van der Waals surface area contributed by atoms with Crippen molar-refractivity contribution in [3.63, 3.8) is 0 Å². The summed E-state index contributed by atoms with van der Waals surface area (Å²) in [4.78, 5) is 13.1. The second-order valence-electron chi connectivity index (χ2n) is 7.97. The molecule has 0 heterocycles. The van der Waals surface area contributed by atoms with Gasteiger partial charge in [-0.1, -0.05) is 78.9 Å². The highest BCUT2D eigenvalue weighted by atomic mass is 16.5. The molecule has 0 spiro atoms. The Hall–Kier alpha value is -4.71. The van der Waals surface area contributed by atoms with E-state index in [1.54, 1.807) is 6.08 Å². The number of phenols is 2. The van der Waals surface area contributed by atoms with Crippen LogP contribution in [-0.2, 0) is 13.2 Å². The first-order chi connectivity index (χ1) is 17.5. The first-order valence-corrected chi connectivity index (χ1v) is 11.3. The molecule has 0 aliphatic rings. The molecule has 0 aliphatic heterocycles. The summed E-state index contributed by atoms with van der Waals surface area (Å²) in [5.41, 5.74) is 2.60. The summed E-state index contributed by atoms with van der Waals surface area (Å²) < 4.78 is 16.9. The van der Waals surface area contributed by atoms with Gasteiger partial charge < -0.3 is 24.4 Å². The summed E-state index contributed by atoms with van der Waals surface area (Å²) in [7, 11) is 1.35. The standard InChI is InChI=1S/C30H26O6/c1-34-29-27(33)18-26(32)28(30(29)36-20-23-10-6-3-7-11-23)25(31)17-14-21-12-15-24(16-13-21)35-19-22-8-4-2-5-9-22/h2-18,32-33H,19-20H2,1H3/b17-14+. The first-order valence-electron chi connectivity index (χ1n) is 11.3. The average Bonchev–Trinajstić information content (AvgIpc) is 2.91. The molecule has 182 valence electrons. The van der Waals surface area contributed by atoms with Crippen LogP contribution in [0.4, 0.5) is 0 Å². The van der Waals surface area contributed by atoms with Gasteiger partial charge in [0.2, 0.25) is 5.75 Å². The molecule has 0 aromatic heterocycles. The van der Waals surface area contributed by atoms with E-state index in [9.17, 15) is 15.0 Å². The zero-order valence-corrected chi connectivity index (χ0v) is 19.8. The number of ether oxygens (including phenoxy) is 3. The van der Waals surface area contributed by atoms with Gasteiger partial charge in [-0.3, -0.25) is 4.79 Å². The predicted octanol–water partition coefficient (Wildman–Crippen LogP) is 6.16. The van der Waals surface area contributed by atoms with Crippen molar-refractivity contribution < 1.29 is 29.2 Å². The number of hydrogen-bond donors (Lipinski definition) is 2. The number of phenolic OH excluding ortho intramolecular Hbond substituents is 2. The van der Waals surface area contributed by atoms with Gasteiger partial charge in [-0.2, -0.15) is 0 Å². The van der Waals surface area contributed by atoms with Gasteiger partial charge in [0.25, 0.3) is 0 Å². The van der Waals surface area contributed by atoms with E-state index < -0.39 is 11.5 Å². The Labute approximate surface area is 209 Å². The Morgan fingerprint density at radius 3 is 1.92 bits per heavy atom. The van der Waals surface area contributed by atoms with Gasteiger partial charge in [0, 0.05) is 6.07 Å².